The maximum atomic E-state index is 13.0. The van der Waals surface area contributed by atoms with E-state index in [2.05, 4.69) is 31.1 Å². The minimum atomic E-state index is -4.47. The van der Waals surface area contributed by atoms with E-state index in [1.54, 1.807) is 36.4 Å². The number of amides is 1. The number of hydrogen-bond acceptors (Lipinski definition) is 5. The van der Waals surface area contributed by atoms with Crippen LogP contribution in [0.5, 0.6) is 0 Å². The fourth-order valence-electron chi connectivity index (χ4n) is 3.30. The molecule has 0 aliphatic rings. The van der Waals surface area contributed by atoms with Crippen molar-refractivity contribution in [2.24, 2.45) is 5.73 Å². The Bertz CT molecular complexity index is 1440. The second-order valence-corrected chi connectivity index (χ2v) is 8.66. The first-order chi connectivity index (χ1) is 16.5. The lowest BCUT2D eigenvalue weighted by Crippen LogP contribution is -2.27. The van der Waals surface area contributed by atoms with E-state index >= 15 is 0 Å². The van der Waals surface area contributed by atoms with E-state index < -0.39 is 30.7 Å². The number of carbonyl (C=O) groups excluding carboxylic acids is 1. The zero-order valence-corrected chi connectivity index (χ0v) is 20.0. The molecule has 4 aromatic rings. The standard InChI is InChI=1S/C21H16BrClF3N7O2/c22-14-3-1-2-4-15(14)33-19(17(27)34)28-16(29-33)11-32-20(35)31(10-9-21(24,25)26)18(30-32)12-5-7-13(23)8-6-12/h1-8H,9-11H2,(H2,27,34). The molecule has 0 aliphatic heterocycles. The van der Waals surface area contributed by atoms with Crippen molar-refractivity contribution in [1.82, 2.24) is 29.1 Å². The van der Waals surface area contributed by atoms with Gasteiger partial charge in [-0.1, -0.05) is 23.7 Å². The van der Waals surface area contributed by atoms with Crippen LogP contribution in [0.3, 0.4) is 0 Å². The van der Waals surface area contributed by atoms with Crippen molar-refractivity contribution in [2.75, 3.05) is 0 Å². The summed E-state index contributed by atoms with van der Waals surface area (Å²) < 4.78 is 42.4. The summed E-state index contributed by atoms with van der Waals surface area (Å²) in [5, 5.41) is 8.91. The molecule has 2 N–H and O–H groups in total. The molecule has 0 saturated heterocycles. The third-order valence-electron chi connectivity index (χ3n) is 4.89. The number of halogens is 5. The molecule has 182 valence electrons. The first-order valence-electron chi connectivity index (χ1n) is 10.0. The highest BCUT2D eigenvalue weighted by atomic mass is 79.9. The van der Waals surface area contributed by atoms with Crippen LogP contribution in [0.2, 0.25) is 5.02 Å². The van der Waals surface area contributed by atoms with E-state index in [-0.39, 0.29) is 24.0 Å². The smallest absolute Gasteiger partial charge is 0.363 e. The summed E-state index contributed by atoms with van der Waals surface area (Å²) in [6.45, 7) is -0.943. The average Bonchev–Trinajstić information content (AvgIpc) is 3.34. The van der Waals surface area contributed by atoms with Gasteiger partial charge < -0.3 is 5.73 Å². The van der Waals surface area contributed by atoms with Gasteiger partial charge in [-0.25, -0.2) is 19.1 Å². The SMILES string of the molecule is NC(=O)c1nc(Cn2nc(-c3ccc(Cl)cc3)n(CCC(F)(F)F)c2=O)nn1-c1ccccc1Br. The van der Waals surface area contributed by atoms with E-state index in [0.717, 1.165) is 9.25 Å². The van der Waals surface area contributed by atoms with Gasteiger partial charge in [0, 0.05) is 21.6 Å². The largest absolute Gasteiger partial charge is 0.390 e. The molecule has 2 aromatic carbocycles. The number of rotatable bonds is 7. The minimum Gasteiger partial charge on any atom is -0.363 e. The molecule has 2 heterocycles. The van der Waals surface area contributed by atoms with E-state index in [9.17, 15) is 22.8 Å². The van der Waals surface area contributed by atoms with E-state index in [1.165, 1.54) is 16.8 Å². The maximum Gasteiger partial charge on any atom is 0.390 e. The van der Waals surface area contributed by atoms with Crippen molar-refractivity contribution in [3.05, 3.63) is 80.2 Å². The average molecular weight is 571 g/mol. The van der Waals surface area contributed by atoms with Gasteiger partial charge in [-0.3, -0.25) is 9.36 Å². The normalized spacial score (nSPS) is 11.7. The second-order valence-electron chi connectivity index (χ2n) is 7.37. The summed E-state index contributed by atoms with van der Waals surface area (Å²) in [6, 6.07) is 13.0. The Labute approximate surface area is 209 Å². The molecular formula is C21H16BrClF3N7O2. The van der Waals surface area contributed by atoms with Gasteiger partial charge in [0.25, 0.3) is 5.91 Å². The molecular weight excluding hydrogens is 555 g/mol. The highest BCUT2D eigenvalue weighted by Gasteiger charge is 2.29. The summed E-state index contributed by atoms with van der Waals surface area (Å²) in [4.78, 5) is 29.1. The number of nitrogens with zero attached hydrogens (tertiary/aromatic N) is 6. The van der Waals surface area contributed by atoms with Crippen LogP contribution in [-0.4, -0.2) is 41.2 Å². The number of carbonyl (C=O) groups is 1. The molecule has 0 aliphatic carbocycles. The quantitative estimate of drug-likeness (QED) is 0.363. The second kappa shape index (κ2) is 9.66. The van der Waals surface area contributed by atoms with Gasteiger partial charge in [0.1, 0.15) is 6.54 Å². The number of alkyl halides is 3. The van der Waals surface area contributed by atoms with Crippen LogP contribution >= 0.6 is 27.5 Å². The van der Waals surface area contributed by atoms with Crippen molar-refractivity contribution < 1.29 is 18.0 Å². The van der Waals surface area contributed by atoms with Crippen molar-refractivity contribution >= 4 is 33.4 Å². The molecule has 2 aromatic heterocycles. The number of para-hydroxylation sites is 1. The first kappa shape index (κ1) is 24.7. The van der Waals surface area contributed by atoms with Gasteiger partial charge in [-0.05, 0) is 52.3 Å². The highest BCUT2D eigenvalue weighted by Crippen LogP contribution is 2.24. The lowest BCUT2D eigenvalue weighted by Gasteiger charge is -2.08. The van der Waals surface area contributed by atoms with Gasteiger partial charge in [-0.15, -0.1) is 10.2 Å². The first-order valence-corrected chi connectivity index (χ1v) is 11.2. The van der Waals surface area contributed by atoms with E-state index in [1.807, 2.05) is 0 Å². The lowest BCUT2D eigenvalue weighted by molar-refractivity contribution is -0.136. The van der Waals surface area contributed by atoms with Crippen LogP contribution in [0.25, 0.3) is 17.1 Å². The Balaban J connectivity index is 1.76. The van der Waals surface area contributed by atoms with Crippen molar-refractivity contribution in [1.29, 1.82) is 0 Å². The minimum absolute atomic E-state index is 0.0137. The molecule has 0 saturated carbocycles. The van der Waals surface area contributed by atoms with Crippen LogP contribution < -0.4 is 11.4 Å². The van der Waals surface area contributed by atoms with E-state index in [0.29, 0.717) is 20.7 Å². The Morgan fingerprint density at radius 1 is 1.09 bits per heavy atom. The van der Waals surface area contributed by atoms with E-state index in [4.69, 9.17) is 17.3 Å². The van der Waals surface area contributed by atoms with Crippen LogP contribution in [0, 0.1) is 0 Å². The topological polar surface area (TPSA) is 114 Å². The third-order valence-corrected chi connectivity index (χ3v) is 5.81. The molecule has 4 rings (SSSR count). The number of aromatic nitrogens is 6. The zero-order chi connectivity index (χ0) is 25.3. The monoisotopic (exact) mass is 569 g/mol. The van der Waals surface area contributed by atoms with Gasteiger partial charge in [0.05, 0.1) is 12.1 Å². The lowest BCUT2D eigenvalue weighted by atomic mass is 10.2. The van der Waals surface area contributed by atoms with Gasteiger partial charge >= 0.3 is 11.9 Å². The predicted molar refractivity (Wildman–Crippen MR) is 124 cm³/mol. The molecule has 9 nitrogen and oxygen atoms in total. The summed E-state index contributed by atoms with van der Waals surface area (Å²) in [6.07, 6.45) is -5.70. The summed E-state index contributed by atoms with van der Waals surface area (Å²) in [7, 11) is 0. The number of primary amides is 1. The molecule has 0 unspecified atom stereocenters. The molecule has 35 heavy (non-hydrogen) atoms. The van der Waals surface area contributed by atoms with Crippen LogP contribution in [0.15, 0.2) is 57.8 Å². The number of nitrogens with two attached hydrogens (primary N) is 1. The summed E-state index contributed by atoms with van der Waals surface area (Å²) >= 11 is 9.27. The van der Waals surface area contributed by atoms with Crippen molar-refractivity contribution in [3.63, 3.8) is 0 Å². The molecule has 0 atom stereocenters. The molecule has 14 heteroatoms. The fraction of sp³-hybridized carbons (Fsp3) is 0.190. The summed E-state index contributed by atoms with van der Waals surface area (Å²) in [5.74, 6) is -1.00. The molecule has 0 radical (unpaired) electrons. The van der Waals surface area contributed by atoms with Gasteiger partial charge in [0.2, 0.25) is 5.82 Å². The fourth-order valence-corrected chi connectivity index (χ4v) is 3.88. The summed E-state index contributed by atoms with van der Waals surface area (Å²) in [5.41, 5.74) is 5.53. The Hall–Kier alpha value is -3.45. The Morgan fingerprint density at radius 2 is 1.77 bits per heavy atom. The van der Waals surface area contributed by atoms with Gasteiger partial charge in [0.15, 0.2) is 11.6 Å². The van der Waals surface area contributed by atoms with Crippen molar-refractivity contribution in [2.45, 2.75) is 25.7 Å². The third kappa shape index (κ3) is 5.46. The Morgan fingerprint density at radius 3 is 2.40 bits per heavy atom. The van der Waals surface area contributed by atoms with Crippen molar-refractivity contribution in [3.8, 4) is 17.1 Å². The van der Waals surface area contributed by atoms with Crippen LogP contribution in [-0.2, 0) is 13.1 Å². The van der Waals surface area contributed by atoms with Crippen LogP contribution in [0.1, 0.15) is 22.9 Å². The molecule has 0 spiro atoms. The molecule has 0 fully saturated rings. The van der Waals surface area contributed by atoms with Crippen LogP contribution in [0.4, 0.5) is 13.2 Å². The maximum absolute atomic E-state index is 13.0. The molecule has 0 bridgehead atoms. The van der Waals surface area contributed by atoms with Gasteiger partial charge in [-0.2, -0.15) is 13.2 Å². The Kier molecular flexibility index (Phi) is 6.81. The number of hydrogen-bond donors (Lipinski definition) is 1. The predicted octanol–water partition coefficient (Wildman–Crippen LogP) is 3.81. The molecule has 1 amide bonds. The number of benzene rings is 2. The zero-order valence-electron chi connectivity index (χ0n) is 17.7. The highest BCUT2D eigenvalue weighted by molar-refractivity contribution is 9.10.